The number of fused-ring (bicyclic) bond motifs is 1. The minimum absolute atomic E-state index is 0.0581. The van der Waals surface area contributed by atoms with E-state index in [1.807, 2.05) is 18.7 Å². The summed E-state index contributed by atoms with van der Waals surface area (Å²) in [7, 11) is 3.32. The summed E-state index contributed by atoms with van der Waals surface area (Å²) in [5, 5.41) is 3.33. The predicted octanol–water partition coefficient (Wildman–Crippen LogP) is 3.92. The maximum Gasteiger partial charge on any atom is 0.272 e. The van der Waals surface area contributed by atoms with Crippen LogP contribution in [0.3, 0.4) is 0 Å². The first-order valence-electron chi connectivity index (χ1n) is 11.5. The van der Waals surface area contributed by atoms with Gasteiger partial charge in [0.25, 0.3) is 5.91 Å². The quantitative estimate of drug-likeness (QED) is 0.533. The lowest BCUT2D eigenvalue weighted by Crippen LogP contribution is -2.37. The maximum atomic E-state index is 13.6. The Balaban J connectivity index is 1.58. The summed E-state index contributed by atoms with van der Waals surface area (Å²) in [6, 6.07) is 4.64. The molecule has 3 heterocycles. The van der Waals surface area contributed by atoms with Crippen molar-refractivity contribution >= 4 is 34.4 Å². The van der Waals surface area contributed by atoms with Gasteiger partial charge in [-0.05, 0) is 44.9 Å². The van der Waals surface area contributed by atoms with E-state index in [9.17, 15) is 18.4 Å². The van der Waals surface area contributed by atoms with E-state index in [1.165, 1.54) is 11.1 Å². The second-order valence-electron chi connectivity index (χ2n) is 9.24. The Hall–Kier alpha value is -3.69. The summed E-state index contributed by atoms with van der Waals surface area (Å²) in [5.41, 5.74) is 1.45. The molecule has 1 saturated heterocycles. The summed E-state index contributed by atoms with van der Waals surface area (Å²) in [4.78, 5) is 42.4. The summed E-state index contributed by atoms with van der Waals surface area (Å²) in [5.74, 6) is -1.10. The van der Waals surface area contributed by atoms with Gasteiger partial charge in [-0.25, -0.2) is 23.7 Å². The molecule has 184 valence electrons. The van der Waals surface area contributed by atoms with Crippen molar-refractivity contribution in [2.24, 2.45) is 5.92 Å². The second-order valence-corrected chi connectivity index (χ2v) is 9.24. The number of amides is 1. The van der Waals surface area contributed by atoms with Crippen LogP contribution in [-0.4, -0.2) is 64.8 Å². The fraction of sp³-hybridized carbons (Fsp3) is 0.400. The summed E-state index contributed by atoms with van der Waals surface area (Å²) < 4.78 is 27.1. The molecule has 0 atom stereocenters. The van der Waals surface area contributed by atoms with Crippen LogP contribution in [0, 0.1) is 17.6 Å². The molecule has 0 aliphatic carbocycles. The lowest BCUT2D eigenvalue weighted by Gasteiger charge is -2.33. The molecule has 1 aliphatic rings. The molecule has 0 saturated carbocycles. The number of hydrogen-bond acceptors (Lipinski definition) is 7. The average Bonchev–Trinajstić information content (AvgIpc) is 2.81. The average molecular weight is 483 g/mol. The minimum Gasteiger partial charge on any atom is -0.365 e. The number of carbonyl (C=O) groups is 2. The Morgan fingerprint density at radius 1 is 1.03 bits per heavy atom. The van der Waals surface area contributed by atoms with E-state index in [1.54, 1.807) is 20.2 Å². The highest BCUT2D eigenvalue weighted by molar-refractivity contribution is 5.98. The number of ketones is 1. The largest absolute Gasteiger partial charge is 0.365 e. The minimum atomic E-state index is -0.759. The van der Waals surface area contributed by atoms with Crippen LogP contribution in [0.1, 0.15) is 47.5 Å². The lowest BCUT2D eigenvalue weighted by molar-refractivity contribution is 0.0821. The lowest BCUT2D eigenvalue weighted by atomic mass is 9.89. The molecule has 35 heavy (non-hydrogen) atoms. The summed E-state index contributed by atoms with van der Waals surface area (Å²) >= 11 is 0. The van der Waals surface area contributed by atoms with E-state index in [-0.39, 0.29) is 34.9 Å². The van der Waals surface area contributed by atoms with Gasteiger partial charge in [-0.15, -0.1) is 0 Å². The van der Waals surface area contributed by atoms with E-state index in [4.69, 9.17) is 9.97 Å². The highest BCUT2D eigenvalue weighted by Crippen LogP contribution is 2.31. The Kier molecular flexibility index (Phi) is 6.90. The van der Waals surface area contributed by atoms with Crippen LogP contribution in [0.15, 0.2) is 30.5 Å². The van der Waals surface area contributed by atoms with Gasteiger partial charge in [-0.3, -0.25) is 9.59 Å². The molecule has 4 rings (SSSR count). The molecule has 1 aromatic carbocycles. The van der Waals surface area contributed by atoms with Crippen LogP contribution < -0.4 is 10.2 Å². The van der Waals surface area contributed by atoms with E-state index in [0.717, 1.165) is 18.2 Å². The fourth-order valence-electron chi connectivity index (χ4n) is 4.17. The Labute approximate surface area is 202 Å². The third-order valence-electron chi connectivity index (χ3n) is 5.90. The van der Waals surface area contributed by atoms with E-state index in [0.29, 0.717) is 48.6 Å². The molecule has 0 spiro atoms. The number of nitrogens with one attached hydrogen (secondary N) is 1. The fourth-order valence-corrected chi connectivity index (χ4v) is 4.17. The van der Waals surface area contributed by atoms with E-state index in [2.05, 4.69) is 10.3 Å². The predicted molar refractivity (Wildman–Crippen MR) is 130 cm³/mol. The van der Waals surface area contributed by atoms with Gasteiger partial charge >= 0.3 is 0 Å². The van der Waals surface area contributed by atoms with Gasteiger partial charge in [0, 0.05) is 50.8 Å². The molecule has 0 bridgehead atoms. The van der Waals surface area contributed by atoms with Crippen LogP contribution >= 0.6 is 0 Å². The van der Waals surface area contributed by atoms with Gasteiger partial charge in [0.05, 0.1) is 11.7 Å². The molecule has 10 heteroatoms. The van der Waals surface area contributed by atoms with Crippen LogP contribution in [0.5, 0.6) is 0 Å². The third kappa shape index (κ3) is 5.36. The topological polar surface area (TPSA) is 91.3 Å². The molecule has 2 aromatic heterocycles. The van der Waals surface area contributed by atoms with Crippen molar-refractivity contribution in [2.45, 2.75) is 32.7 Å². The smallest absolute Gasteiger partial charge is 0.272 e. The molecule has 1 fully saturated rings. The highest BCUT2D eigenvalue weighted by atomic mass is 19.1. The third-order valence-corrected chi connectivity index (χ3v) is 5.90. The number of rotatable bonds is 6. The number of carbonyl (C=O) groups excluding carboxylic acids is 2. The van der Waals surface area contributed by atoms with E-state index < -0.39 is 11.6 Å². The van der Waals surface area contributed by atoms with Crippen LogP contribution in [0.2, 0.25) is 0 Å². The molecule has 8 nitrogen and oxygen atoms in total. The summed E-state index contributed by atoms with van der Waals surface area (Å²) in [6.07, 6.45) is 2.58. The monoisotopic (exact) mass is 482 g/mol. The number of aromatic nitrogens is 3. The van der Waals surface area contributed by atoms with Gasteiger partial charge in [0.15, 0.2) is 17.4 Å². The standard InChI is InChI=1S/C25H28F2N6O2/c1-14(2)29-23-24(31-21-13-28-20(12-19(21)30-23)25(35)32(3)4)33-7-5-15(6-8-33)22(34)16-9-17(26)11-18(27)10-16/h9-15H,5-8H2,1-4H3,(H,29,30). The maximum absolute atomic E-state index is 13.6. The number of Topliss-reactive ketones (excluding diaryl/α,β-unsaturated/α-hetero) is 1. The number of benzene rings is 1. The first-order chi connectivity index (χ1) is 16.6. The normalized spacial score (nSPS) is 14.4. The van der Waals surface area contributed by atoms with Crippen molar-refractivity contribution in [1.82, 2.24) is 19.9 Å². The van der Waals surface area contributed by atoms with Crippen LogP contribution in [0.25, 0.3) is 11.0 Å². The first-order valence-corrected chi connectivity index (χ1v) is 11.5. The second kappa shape index (κ2) is 9.89. The van der Waals surface area contributed by atoms with Gasteiger partial charge in [-0.2, -0.15) is 0 Å². The van der Waals surface area contributed by atoms with Crippen molar-refractivity contribution in [2.75, 3.05) is 37.4 Å². The Morgan fingerprint density at radius 3 is 2.29 bits per heavy atom. The molecular formula is C25H28F2N6O2. The Morgan fingerprint density at radius 2 is 1.69 bits per heavy atom. The van der Waals surface area contributed by atoms with Gasteiger partial charge in [0.2, 0.25) is 0 Å². The zero-order valence-corrected chi connectivity index (χ0v) is 20.2. The number of halogens is 2. The van der Waals surface area contributed by atoms with Crippen molar-refractivity contribution in [3.8, 4) is 0 Å². The van der Waals surface area contributed by atoms with E-state index >= 15 is 0 Å². The zero-order valence-electron chi connectivity index (χ0n) is 20.2. The van der Waals surface area contributed by atoms with Gasteiger partial charge in [0.1, 0.15) is 22.8 Å². The van der Waals surface area contributed by atoms with Crippen LogP contribution in [0.4, 0.5) is 20.4 Å². The van der Waals surface area contributed by atoms with Crippen LogP contribution in [-0.2, 0) is 0 Å². The van der Waals surface area contributed by atoms with Gasteiger partial charge < -0.3 is 15.1 Å². The molecule has 0 unspecified atom stereocenters. The number of nitrogens with zero attached hydrogens (tertiary/aromatic N) is 5. The zero-order chi connectivity index (χ0) is 25.3. The Bertz CT molecular complexity index is 1250. The molecular weight excluding hydrogens is 454 g/mol. The van der Waals surface area contributed by atoms with Crippen molar-refractivity contribution in [3.63, 3.8) is 0 Å². The number of hydrogen-bond donors (Lipinski definition) is 1. The number of piperidine rings is 1. The molecule has 1 amide bonds. The number of anilines is 2. The van der Waals surface area contributed by atoms with Crippen molar-refractivity contribution < 1.29 is 18.4 Å². The van der Waals surface area contributed by atoms with Crippen molar-refractivity contribution in [3.05, 3.63) is 53.4 Å². The number of pyridine rings is 1. The van der Waals surface area contributed by atoms with Crippen molar-refractivity contribution in [1.29, 1.82) is 0 Å². The molecule has 3 aromatic rings. The first kappa shape index (κ1) is 24.4. The van der Waals surface area contributed by atoms with Gasteiger partial charge in [-0.1, -0.05) is 0 Å². The molecule has 0 radical (unpaired) electrons. The summed E-state index contributed by atoms with van der Waals surface area (Å²) in [6.45, 7) is 5.05. The molecule has 1 aliphatic heterocycles. The molecule has 1 N–H and O–H groups in total. The SMILES string of the molecule is CC(C)Nc1nc2cc(C(=O)N(C)C)ncc2nc1N1CCC(C(=O)c2cc(F)cc(F)c2)CC1. The highest BCUT2D eigenvalue weighted by Gasteiger charge is 2.29.